The van der Waals surface area contributed by atoms with Crippen molar-refractivity contribution in [3.8, 4) is 0 Å². The van der Waals surface area contributed by atoms with E-state index in [-0.39, 0.29) is 5.56 Å². The normalized spacial score (nSPS) is 10.4. The zero-order valence-electron chi connectivity index (χ0n) is 11.4. The van der Waals surface area contributed by atoms with Gasteiger partial charge in [0.25, 0.3) is 5.91 Å². The number of halogens is 2. The molecule has 0 unspecified atom stereocenters. The maximum Gasteiger partial charge on any atom is 0.341 e. The molecule has 0 saturated heterocycles. The SMILES string of the molecule is CC(C)CCNC(=O)COC(=O)c1ccc(Br)cc1F. The molecule has 0 aliphatic heterocycles. The minimum absolute atomic E-state index is 0.191. The van der Waals surface area contributed by atoms with Crippen LogP contribution in [0, 0.1) is 11.7 Å². The highest BCUT2D eigenvalue weighted by atomic mass is 79.9. The first-order valence-electron chi connectivity index (χ1n) is 6.29. The highest BCUT2D eigenvalue weighted by molar-refractivity contribution is 9.10. The van der Waals surface area contributed by atoms with Crippen LogP contribution in [-0.4, -0.2) is 25.0 Å². The van der Waals surface area contributed by atoms with Gasteiger partial charge in [-0.3, -0.25) is 4.79 Å². The van der Waals surface area contributed by atoms with Gasteiger partial charge in [0.1, 0.15) is 5.82 Å². The van der Waals surface area contributed by atoms with Crippen molar-refractivity contribution >= 4 is 27.8 Å². The van der Waals surface area contributed by atoms with Crippen LogP contribution in [0.2, 0.25) is 0 Å². The summed E-state index contributed by atoms with van der Waals surface area (Å²) in [4.78, 5) is 23.0. The van der Waals surface area contributed by atoms with Gasteiger partial charge >= 0.3 is 5.97 Å². The van der Waals surface area contributed by atoms with E-state index in [1.54, 1.807) is 0 Å². The topological polar surface area (TPSA) is 55.4 Å². The second-order valence-electron chi connectivity index (χ2n) is 4.73. The van der Waals surface area contributed by atoms with E-state index in [0.29, 0.717) is 16.9 Å². The molecular formula is C14H17BrFNO3. The molecule has 0 aromatic heterocycles. The van der Waals surface area contributed by atoms with Gasteiger partial charge in [-0.15, -0.1) is 0 Å². The summed E-state index contributed by atoms with van der Waals surface area (Å²) in [5.41, 5.74) is -0.191. The first-order chi connectivity index (χ1) is 9.40. The van der Waals surface area contributed by atoms with Gasteiger partial charge in [0.05, 0.1) is 5.56 Å². The van der Waals surface area contributed by atoms with Crippen LogP contribution in [-0.2, 0) is 9.53 Å². The number of nitrogens with one attached hydrogen (secondary N) is 1. The van der Waals surface area contributed by atoms with Crippen molar-refractivity contribution in [2.45, 2.75) is 20.3 Å². The van der Waals surface area contributed by atoms with Crippen molar-refractivity contribution < 1.29 is 18.7 Å². The van der Waals surface area contributed by atoms with E-state index in [1.807, 2.05) is 13.8 Å². The van der Waals surface area contributed by atoms with E-state index in [9.17, 15) is 14.0 Å². The molecule has 0 bridgehead atoms. The van der Waals surface area contributed by atoms with Gasteiger partial charge < -0.3 is 10.1 Å². The molecule has 0 aliphatic rings. The Morgan fingerprint density at radius 3 is 2.70 bits per heavy atom. The van der Waals surface area contributed by atoms with Crippen molar-refractivity contribution in [2.75, 3.05) is 13.2 Å². The number of esters is 1. The van der Waals surface area contributed by atoms with E-state index < -0.39 is 24.3 Å². The molecule has 0 heterocycles. The van der Waals surface area contributed by atoms with Crippen LogP contribution >= 0.6 is 15.9 Å². The van der Waals surface area contributed by atoms with Gasteiger partial charge in [-0.05, 0) is 30.5 Å². The second-order valence-corrected chi connectivity index (χ2v) is 5.65. The number of amides is 1. The molecule has 0 radical (unpaired) electrons. The summed E-state index contributed by atoms with van der Waals surface area (Å²) in [6.45, 7) is 4.21. The first kappa shape index (κ1) is 16.6. The Kier molecular flexibility index (Phi) is 6.64. The lowest BCUT2D eigenvalue weighted by atomic mass is 10.1. The van der Waals surface area contributed by atoms with Crippen molar-refractivity contribution in [3.63, 3.8) is 0 Å². The van der Waals surface area contributed by atoms with Crippen molar-refractivity contribution in [1.29, 1.82) is 0 Å². The van der Waals surface area contributed by atoms with Gasteiger partial charge in [-0.25, -0.2) is 9.18 Å². The quantitative estimate of drug-likeness (QED) is 0.806. The van der Waals surface area contributed by atoms with Gasteiger partial charge in [0.2, 0.25) is 0 Å². The van der Waals surface area contributed by atoms with Gasteiger partial charge in [-0.1, -0.05) is 29.8 Å². The maximum atomic E-state index is 13.5. The highest BCUT2D eigenvalue weighted by Gasteiger charge is 2.14. The summed E-state index contributed by atoms with van der Waals surface area (Å²) in [7, 11) is 0. The predicted molar refractivity (Wildman–Crippen MR) is 76.8 cm³/mol. The van der Waals surface area contributed by atoms with E-state index in [0.717, 1.165) is 6.42 Å². The highest BCUT2D eigenvalue weighted by Crippen LogP contribution is 2.15. The number of carbonyl (C=O) groups is 2. The smallest absolute Gasteiger partial charge is 0.341 e. The van der Waals surface area contributed by atoms with E-state index in [2.05, 4.69) is 21.2 Å². The lowest BCUT2D eigenvalue weighted by molar-refractivity contribution is -0.124. The zero-order valence-corrected chi connectivity index (χ0v) is 13.0. The monoisotopic (exact) mass is 345 g/mol. The van der Waals surface area contributed by atoms with Crippen LogP contribution in [0.5, 0.6) is 0 Å². The molecule has 4 nitrogen and oxygen atoms in total. The number of hydrogen-bond acceptors (Lipinski definition) is 3. The maximum absolute atomic E-state index is 13.5. The lowest BCUT2D eigenvalue weighted by Crippen LogP contribution is -2.30. The van der Waals surface area contributed by atoms with Crippen molar-refractivity contribution in [3.05, 3.63) is 34.1 Å². The van der Waals surface area contributed by atoms with Crippen LogP contribution in [0.4, 0.5) is 4.39 Å². The minimum Gasteiger partial charge on any atom is -0.452 e. The Bertz CT molecular complexity index is 491. The summed E-state index contributed by atoms with van der Waals surface area (Å²) in [5.74, 6) is -1.45. The van der Waals surface area contributed by atoms with Crippen molar-refractivity contribution in [2.24, 2.45) is 5.92 Å². The number of rotatable bonds is 6. The Hall–Kier alpha value is -1.43. The molecule has 1 amide bonds. The minimum atomic E-state index is -0.853. The van der Waals surface area contributed by atoms with Gasteiger partial charge in [0.15, 0.2) is 6.61 Å². The molecule has 1 aromatic rings. The standard InChI is InChI=1S/C14H17BrFNO3/c1-9(2)5-6-17-13(18)8-20-14(19)11-4-3-10(15)7-12(11)16/h3-4,7,9H,5-6,8H2,1-2H3,(H,17,18). The van der Waals surface area contributed by atoms with Crippen molar-refractivity contribution in [1.82, 2.24) is 5.32 Å². The van der Waals surface area contributed by atoms with Crippen LogP contribution in [0.3, 0.4) is 0 Å². The molecule has 1 rings (SSSR count). The van der Waals surface area contributed by atoms with Crippen LogP contribution in [0.25, 0.3) is 0 Å². The molecule has 1 aromatic carbocycles. The first-order valence-corrected chi connectivity index (χ1v) is 7.08. The third kappa shape index (κ3) is 5.69. The molecule has 1 N–H and O–H groups in total. The zero-order chi connectivity index (χ0) is 15.1. The molecule has 0 aliphatic carbocycles. The van der Waals surface area contributed by atoms with E-state index in [4.69, 9.17) is 4.74 Å². The Balaban J connectivity index is 2.41. The summed E-state index contributed by atoms with van der Waals surface area (Å²) < 4.78 is 18.8. The largest absolute Gasteiger partial charge is 0.452 e. The summed E-state index contributed by atoms with van der Waals surface area (Å²) >= 11 is 3.09. The van der Waals surface area contributed by atoms with Crippen LogP contribution in [0.1, 0.15) is 30.6 Å². The lowest BCUT2D eigenvalue weighted by Gasteiger charge is -2.08. The van der Waals surface area contributed by atoms with Gasteiger partial charge in [0, 0.05) is 11.0 Å². The Labute approximate surface area is 125 Å². The molecule has 0 spiro atoms. The number of carbonyl (C=O) groups excluding carboxylic acids is 2. The summed E-state index contributed by atoms with van der Waals surface area (Å²) in [6.07, 6.45) is 0.848. The fourth-order valence-corrected chi connectivity index (χ4v) is 1.75. The van der Waals surface area contributed by atoms with Crippen LogP contribution in [0.15, 0.2) is 22.7 Å². The number of benzene rings is 1. The predicted octanol–water partition coefficient (Wildman–Crippen LogP) is 2.91. The average molecular weight is 346 g/mol. The third-order valence-electron chi connectivity index (χ3n) is 2.53. The number of hydrogen-bond donors (Lipinski definition) is 1. The molecule has 110 valence electrons. The van der Waals surface area contributed by atoms with E-state index in [1.165, 1.54) is 18.2 Å². The molecule has 0 atom stereocenters. The Morgan fingerprint density at radius 2 is 2.10 bits per heavy atom. The molecule has 20 heavy (non-hydrogen) atoms. The molecular weight excluding hydrogens is 329 g/mol. The fraction of sp³-hybridized carbons (Fsp3) is 0.429. The average Bonchev–Trinajstić information content (AvgIpc) is 2.35. The summed E-state index contributed by atoms with van der Waals surface area (Å²) in [6, 6.07) is 4.00. The number of ether oxygens (including phenoxy) is 1. The molecule has 0 fully saturated rings. The Morgan fingerprint density at radius 1 is 1.40 bits per heavy atom. The summed E-state index contributed by atoms with van der Waals surface area (Å²) in [5, 5.41) is 2.63. The molecule has 0 saturated carbocycles. The molecule has 6 heteroatoms. The fourth-order valence-electron chi connectivity index (χ4n) is 1.42. The third-order valence-corrected chi connectivity index (χ3v) is 3.02. The van der Waals surface area contributed by atoms with E-state index >= 15 is 0 Å². The second kappa shape index (κ2) is 7.99. The van der Waals surface area contributed by atoms with Crippen LogP contribution < -0.4 is 5.32 Å². The van der Waals surface area contributed by atoms with Gasteiger partial charge in [-0.2, -0.15) is 0 Å².